The summed E-state index contributed by atoms with van der Waals surface area (Å²) in [7, 11) is 0. The minimum Gasteiger partial charge on any atom is -0.391 e. The van der Waals surface area contributed by atoms with Crippen molar-refractivity contribution in [3.8, 4) is 0 Å². The van der Waals surface area contributed by atoms with Crippen LogP contribution in [0.4, 0.5) is 17.5 Å². The lowest BCUT2D eigenvalue weighted by atomic mass is 9.92. The van der Waals surface area contributed by atoms with Crippen LogP contribution in [0.2, 0.25) is 0 Å². The van der Waals surface area contributed by atoms with E-state index < -0.39 is 6.10 Å². The lowest BCUT2D eigenvalue weighted by Gasteiger charge is -2.29. The first-order valence-corrected chi connectivity index (χ1v) is 9.67. The number of aliphatic hydroxyl groups is 1. The largest absolute Gasteiger partial charge is 0.391 e. The molecule has 3 aromatic rings. The molecule has 0 aromatic carbocycles. The Labute approximate surface area is 162 Å². The van der Waals surface area contributed by atoms with Gasteiger partial charge >= 0.3 is 0 Å². The molecule has 3 heterocycles. The average Bonchev–Trinajstić information content (AvgIpc) is 2.70. The van der Waals surface area contributed by atoms with Gasteiger partial charge in [-0.2, -0.15) is 0 Å². The minimum absolute atomic E-state index is 0.0913. The van der Waals surface area contributed by atoms with Gasteiger partial charge in [0.1, 0.15) is 17.5 Å². The highest BCUT2D eigenvalue weighted by Crippen LogP contribution is 2.27. The Morgan fingerprint density at radius 2 is 2.11 bits per heavy atom. The fraction of sp³-hybridized carbons (Fsp3) is 0.400. The van der Waals surface area contributed by atoms with Gasteiger partial charge in [0.15, 0.2) is 0 Å². The number of anilines is 3. The first-order valence-electron chi connectivity index (χ1n) is 9.67. The Kier molecular flexibility index (Phi) is 5.21. The average molecular weight is 380 g/mol. The van der Waals surface area contributed by atoms with Crippen molar-refractivity contribution in [2.24, 2.45) is 0 Å². The third-order valence-electron chi connectivity index (χ3n) is 5.17. The standard InChI is InChI=1S/C20H24N6O2/c1-2-26-10-7-13-11-16(24-17-12-21-8-9-22-17)25-19(18(13)20(26)28)23-14-5-3-4-6-15(14)27/h7-12,14-15,27H,2-6H2,1H3,(H2,22,23,24,25)/t14-,15-/m0/s1. The van der Waals surface area contributed by atoms with Crippen LogP contribution in [-0.4, -0.2) is 36.8 Å². The summed E-state index contributed by atoms with van der Waals surface area (Å²) in [5, 5.41) is 18.2. The maximum Gasteiger partial charge on any atom is 0.262 e. The zero-order chi connectivity index (χ0) is 19.5. The summed E-state index contributed by atoms with van der Waals surface area (Å²) < 4.78 is 1.66. The van der Waals surface area contributed by atoms with Crippen molar-refractivity contribution < 1.29 is 5.11 Å². The molecule has 8 heteroatoms. The van der Waals surface area contributed by atoms with Crippen LogP contribution in [0.5, 0.6) is 0 Å². The summed E-state index contributed by atoms with van der Waals surface area (Å²) in [5.41, 5.74) is -0.0913. The molecule has 1 aliphatic carbocycles. The molecule has 3 aromatic heterocycles. The first kappa shape index (κ1) is 18.4. The third kappa shape index (κ3) is 3.68. The molecule has 0 saturated heterocycles. The molecule has 1 fully saturated rings. The second kappa shape index (κ2) is 7.93. The smallest absolute Gasteiger partial charge is 0.262 e. The molecule has 1 aliphatic rings. The number of rotatable bonds is 5. The Bertz CT molecular complexity index is 1020. The summed E-state index contributed by atoms with van der Waals surface area (Å²) in [4.78, 5) is 25.9. The number of nitrogens with zero attached hydrogens (tertiary/aromatic N) is 4. The number of hydrogen-bond donors (Lipinski definition) is 3. The van der Waals surface area contributed by atoms with E-state index >= 15 is 0 Å². The lowest BCUT2D eigenvalue weighted by molar-refractivity contribution is 0.116. The molecule has 146 valence electrons. The maximum atomic E-state index is 13.0. The Hall–Kier alpha value is -3.00. The van der Waals surface area contributed by atoms with Crippen LogP contribution >= 0.6 is 0 Å². The monoisotopic (exact) mass is 380 g/mol. The Morgan fingerprint density at radius 3 is 2.86 bits per heavy atom. The topological polar surface area (TPSA) is 105 Å². The van der Waals surface area contributed by atoms with Gasteiger partial charge in [0, 0.05) is 25.1 Å². The molecule has 0 bridgehead atoms. The second-order valence-electron chi connectivity index (χ2n) is 7.05. The van der Waals surface area contributed by atoms with Gasteiger partial charge in [-0.3, -0.25) is 9.78 Å². The number of nitrogens with one attached hydrogen (secondary N) is 2. The number of hydrogen-bond acceptors (Lipinski definition) is 7. The molecule has 8 nitrogen and oxygen atoms in total. The van der Waals surface area contributed by atoms with Crippen molar-refractivity contribution in [1.29, 1.82) is 0 Å². The van der Waals surface area contributed by atoms with Crippen LogP contribution < -0.4 is 16.2 Å². The van der Waals surface area contributed by atoms with Gasteiger partial charge in [0.25, 0.3) is 5.56 Å². The Balaban J connectivity index is 1.79. The van der Waals surface area contributed by atoms with E-state index in [0.717, 1.165) is 31.1 Å². The van der Waals surface area contributed by atoms with Crippen molar-refractivity contribution in [2.45, 2.75) is 51.3 Å². The van der Waals surface area contributed by atoms with Crippen LogP contribution in [0.3, 0.4) is 0 Å². The summed E-state index contributed by atoms with van der Waals surface area (Å²) in [6.07, 6.45) is 9.82. The van der Waals surface area contributed by atoms with Crippen molar-refractivity contribution >= 4 is 28.2 Å². The van der Waals surface area contributed by atoms with E-state index in [1.807, 2.05) is 19.1 Å². The van der Waals surface area contributed by atoms with E-state index in [1.54, 1.807) is 29.4 Å². The van der Waals surface area contributed by atoms with Gasteiger partial charge in [0.05, 0.1) is 23.7 Å². The zero-order valence-electron chi connectivity index (χ0n) is 15.8. The molecule has 28 heavy (non-hydrogen) atoms. The Morgan fingerprint density at radius 1 is 1.25 bits per heavy atom. The summed E-state index contributed by atoms with van der Waals surface area (Å²) in [6.45, 7) is 2.52. The number of aryl methyl sites for hydroxylation is 1. The van der Waals surface area contributed by atoms with Crippen molar-refractivity contribution in [3.63, 3.8) is 0 Å². The summed E-state index contributed by atoms with van der Waals surface area (Å²) in [6, 6.07) is 3.62. The van der Waals surface area contributed by atoms with E-state index in [-0.39, 0.29) is 11.6 Å². The van der Waals surface area contributed by atoms with Gasteiger partial charge < -0.3 is 20.3 Å². The van der Waals surface area contributed by atoms with Gasteiger partial charge in [-0.15, -0.1) is 0 Å². The molecule has 0 amide bonds. The molecule has 0 aliphatic heterocycles. The van der Waals surface area contributed by atoms with Crippen molar-refractivity contribution in [2.75, 3.05) is 10.6 Å². The fourth-order valence-electron chi connectivity index (χ4n) is 3.67. The summed E-state index contributed by atoms with van der Waals surface area (Å²) in [5.74, 6) is 1.62. The van der Waals surface area contributed by atoms with Crippen LogP contribution in [0.1, 0.15) is 32.6 Å². The predicted molar refractivity (Wildman–Crippen MR) is 109 cm³/mol. The zero-order valence-corrected chi connectivity index (χ0v) is 15.8. The highest BCUT2D eigenvalue weighted by Gasteiger charge is 2.24. The normalized spacial score (nSPS) is 19.5. The molecule has 0 radical (unpaired) electrons. The van der Waals surface area contributed by atoms with Crippen LogP contribution in [0.25, 0.3) is 10.8 Å². The van der Waals surface area contributed by atoms with Crippen molar-refractivity contribution in [3.05, 3.63) is 47.3 Å². The maximum absolute atomic E-state index is 13.0. The SMILES string of the molecule is CCn1ccc2cc(Nc3cnccn3)nc(N[C@H]3CCCC[C@@H]3O)c2c1=O. The van der Waals surface area contributed by atoms with Crippen molar-refractivity contribution in [1.82, 2.24) is 19.5 Å². The number of pyridine rings is 2. The minimum atomic E-state index is -0.445. The second-order valence-corrected chi connectivity index (χ2v) is 7.05. The van der Waals surface area contributed by atoms with Crippen LogP contribution in [0.15, 0.2) is 41.7 Å². The molecule has 4 rings (SSSR count). The highest BCUT2D eigenvalue weighted by atomic mass is 16.3. The number of aromatic nitrogens is 4. The number of aliphatic hydroxyl groups excluding tert-OH is 1. The molecule has 0 spiro atoms. The van der Waals surface area contributed by atoms with Crippen LogP contribution in [-0.2, 0) is 6.54 Å². The van der Waals surface area contributed by atoms with Gasteiger partial charge in [0.2, 0.25) is 0 Å². The predicted octanol–water partition coefficient (Wildman–Crippen LogP) is 2.67. The van der Waals surface area contributed by atoms with Gasteiger partial charge in [-0.1, -0.05) is 12.8 Å². The lowest BCUT2D eigenvalue weighted by Crippen LogP contribution is -2.37. The van der Waals surface area contributed by atoms with E-state index in [9.17, 15) is 9.90 Å². The molecule has 2 atom stereocenters. The summed E-state index contributed by atoms with van der Waals surface area (Å²) >= 11 is 0. The number of fused-ring (bicyclic) bond motifs is 1. The fourth-order valence-corrected chi connectivity index (χ4v) is 3.67. The molecular formula is C20H24N6O2. The molecule has 1 saturated carbocycles. The first-order chi connectivity index (χ1) is 13.7. The highest BCUT2D eigenvalue weighted by molar-refractivity contribution is 5.93. The quantitative estimate of drug-likeness (QED) is 0.625. The third-order valence-corrected chi connectivity index (χ3v) is 5.17. The molecular weight excluding hydrogens is 356 g/mol. The van der Waals surface area contributed by atoms with E-state index in [4.69, 9.17) is 0 Å². The van der Waals surface area contributed by atoms with E-state index in [0.29, 0.717) is 29.4 Å². The van der Waals surface area contributed by atoms with E-state index in [2.05, 4.69) is 25.6 Å². The van der Waals surface area contributed by atoms with Gasteiger partial charge in [-0.25, -0.2) is 9.97 Å². The van der Waals surface area contributed by atoms with Crippen LogP contribution in [0, 0.1) is 0 Å². The van der Waals surface area contributed by atoms with Gasteiger partial charge in [-0.05, 0) is 37.3 Å². The molecule has 3 N–H and O–H groups in total. The van der Waals surface area contributed by atoms with E-state index in [1.165, 1.54) is 0 Å². The molecule has 0 unspecified atom stereocenters.